The fourth-order valence-electron chi connectivity index (χ4n) is 3.32. The van der Waals surface area contributed by atoms with Crippen LogP contribution in [-0.2, 0) is 14.3 Å². The van der Waals surface area contributed by atoms with Crippen LogP contribution in [0.25, 0.3) is 0 Å². The van der Waals surface area contributed by atoms with Gasteiger partial charge in [0.1, 0.15) is 6.04 Å². The summed E-state index contributed by atoms with van der Waals surface area (Å²) in [6.45, 7) is 9.45. The number of piperidine rings is 1. The minimum Gasteiger partial charge on any atom is -0.374 e. The van der Waals surface area contributed by atoms with E-state index in [1.54, 1.807) is 4.90 Å². The number of carbonyl (C=O) groups excluding carboxylic acids is 2. The predicted octanol–water partition coefficient (Wildman–Crippen LogP) is 1.48. The first-order chi connectivity index (χ1) is 10.0. The molecule has 0 bridgehead atoms. The van der Waals surface area contributed by atoms with Gasteiger partial charge < -0.3 is 15.0 Å². The van der Waals surface area contributed by atoms with E-state index in [0.29, 0.717) is 19.0 Å². The van der Waals surface area contributed by atoms with Crippen LogP contribution in [0.3, 0.4) is 0 Å². The Balaban J connectivity index is 1.88. The summed E-state index contributed by atoms with van der Waals surface area (Å²) >= 11 is 0. The van der Waals surface area contributed by atoms with Crippen LogP contribution in [0.5, 0.6) is 0 Å². The van der Waals surface area contributed by atoms with Crippen molar-refractivity contribution in [3.8, 4) is 0 Å². The van der Waals surface area contributed by atoms with Gasteiger partial charge in [0.25, 0.3) is 0 Å². The molecule has 0 radical (unpaired) electrons. The Kier molecular flexibility index (Phi) is 5.39. The number of amides is 2. The minimum atomic E-state index is -0.304. The number of nitrogens with one attached hydrogen (secondary N) is 1. The molecule has 1 N–H and O–H groups in total. The van der Waals surface area contributed by atoms with Crippen molar-refractivity contribution in [2.24, 2.45) is 5.92 Å². The lowest BCUT2D eigenvalue weighted by molar-refractivity contribution is -0.140. The van der Waals surface area contributed by atoms with E-state index in [1.165, 1.54) is 6.92 Å². The van der Waals surface area contributed by atoms with Crippen molar-refractivity contribution in [3.63, 3.8) is 0 Å². The summed E-state index contributed by atoms with van der Waals surface area (Å²) in [5, 5.41) is 3.01. The summed E-state index contributed by atoms with van der Waals surface area (Å²) in [6, 6.07) is -0.304. The highest BCUT2D eigenvalue weighted by atomic mass is 16.5. The Bertz CT molecular complexity index is 422. The lowest BCUT2D eigenvalue weighted by Crippen LogP contribution is -2.52. The molecule has 0 aromatic rings. The van der Waals surface area contributed by atoms with Crippen LogP contribution in [0, 0.1) is 5.92 Å². The van der Waals surface area contributed by atoms with Crippen LogP contribution >= 0.6 is 0 Å². The Morgan fingerprint density at radius 3 is 2.71 bits per heavy atom. The average Bonchev–Trinajstić information content (AvgIpc) is 2.93. The van der Waals surface area contributed by atoms with E-state index in [-0.39, 0.29) is 24.0 Å². The van der Waals surface area contributed by atoms with Crippen molar-refractivity contribution in [2.75, 3.05) is 19.7 Å². The maximum absolute atomic E-state index is 12.4. The second-order valence-corrected chi connectivity index (χ2v) is 6.16. The molecule has 0 unspecified atom stereocenters. The smallest absolute Gasteiger partial charge is 0.242 e. The van der Waals surface area contributed by atoms with Gasteiger partial charge in [0.15, 0.2) is 0 Å². The van der Waals surface area contributed by atoms with Gasteiger partial charge in [-0.05, 0) is 32.6 Å². The normalized spacial score (nSPS) is 29.2. The van der Waals surface area contributed by atoms with E-state index in [9.17, 15) is 9.59 Å². The summed E-state index contributed by atoms with van der Waals surface area (Å²) < 4.78 is 5.65. The third kappa shape index (κ3) is 3.84. The molecule has 2 aliphatic heterocycles. The molecule has 0 aliphatic carbocycles. The molecule has 0 spiro atoms. The van der Waals surface area contributed by atoms with E-state index in [0.717, 1.165) is 37.9 Å². The number of carbonyl (C=O) groups is 2. The lowest BCUT2D eigenvalue weighted by atomic mass is 9.96. The SMILES string of the molecule is C=C(C)[C@@H]1OCC[C@@H]1CNC(=O)[C@H]1CCCCN1C(C)=O. The van der Waals surface area contributed by atoms with Gasteiger partial charge >= 0.3 is 0 Å². The van der Waals surface area contributed by atoms with Crippen molar-refractivity contribution in [2.45, 2.75) is 51.7 Å². The summed E-state index contributed by atoms with van der Waals surface area (Å²) in [5.74, 6) is 0.247. The van der Waals surface area contributed by atoms with Crippen molar-refractivity contribution in [3.05, 3.63) is 12.2 Å². The Morgan fingerprint density at radius 2 is 2.05 bits per heavy atom. The van der Waals surface area contributed by atoms with Crippen LogP contribution in [0.4, 0.5) is 0 Å². The second kappa shape index (κ2) is 7.07. The summed E-state index contributed by atoms with van der Waals surface area (Å²) in [7, 11) is 0. The van der Waals surface area contributed by atoms with Gasteiger partial charge in [-0.2, -0.15) is 0 Å². The fraction of sp³-hybridized carbons (Fsp3) is 0.750. The molecule has 2 fully saturated rings. The molecule has 5 nitrogen and oxygen atoms in total. The third-order valence-corrected chi connectivity index (χ3v) is 4.45. The third-order valence-electron chi connectivity index (χ3n) is 4.45. The van der Waals surface area contributed by atoms with Crippen molar-refractivity contribution < 1.29 is 14.3 Å². The van der Waals surface area contributed by atoms with Crippen LogP contribution in [0.1, 0.15) is 39.5 Å². The Hall–Kier alpha value is -1.36. The first-order valence-electron chi connectivity index (χ1n) is 7.82. The highest BCUT2D eigenvalue weighted by molar-refractivity contribution is 5.87. The van der Waals surface area contributed by atoms with Gasteiger partial charge in [0.2, 0.25) is 11.8 Å². The number of nitrogens with zero attached hydrogens (tertiary/aromatic N) is 1. The maximum atomic E-state index is 12.4. The number of likely N-dealkylation sites (tertiary alicyclic amines) is 1. The Morgan fingerprint density at radius 1 is 1.29 bits per heavy atom. The molecule has 3 atom stereocenters. The molecule has 5 heteroatoms. The molecule has 0 saturated carbocycles. The zero-order chi connectivity index (χ0) is 15.4. The highest BCUT2D eigenvalue weighted by Gasteiger charge is 2.33. The van der Waals surface area contributed by atoms with E-state index >= 15 is 0 Å². The van der Waals surface area contributed by atoms with Crippen molar-refractivity contribution >= 4 is 11.8 Å². The first kappa shape index (κ1) is 16.0. The van der Waals surface area contributed by atoms with Crippen LogP contribution in [0.2, 0.25) is 0 Å². The predicted molar refractivity (Wildman–Crippen MR) is 80.7 cm³/mol. The van der Waals surface area contributed by atoms with Crippen molar-refractivity contribution in [1.29, 1.82) is 0 Å². The van der Waals surface area contributed by atoms with Crippen molar-refractivity contribution in [1.82, 2.24) is 10.2 Å². The van der Waals surface area contributed by atoms with Gasteiger partial charge in [-0.1, -0.05) is 12.2 Å². The molecule has 2 heterocycles. The van der Waals surface area contributed by atoms with E-state index in [1.807, 2.05) is 6.92 Å². The Labute approximate surface area is 126 Å². The molecular formula is C16H26N2O3. The van der Waals surface area contributed by atoms with Crippen LogP contribution in [0.15, 0.2) is 12.2 Å². The van der Waals surface area contributed by atoms with E-state index < -0.39 is 0 Å². The average molecular weight is 294 g/mol. The van der Waals surface area contributed by atoms with E-state index in [4.69, 9.17) is 4.74 Å². The summed E-state index contributed by atoms with van der Waals surface area (Å²) in [4.78, 5) is 25.7. The number of hydrogen-bond acceptors (Lipinski definition) is 3. The molecule has 0 aromatic heterocycles. The minimum absolute atomic E-state index is 0.0149. The highest BCUT2D eigenvalue weighted by Crippen LogP contribution is 2.25. The fourth-order valence-corrected chi connectivity index (χ4v) is 3.32. The van der Waals surface area contributed by atoms with Crippen LogP contribution < -0.4 is 5.32 Å². The number of ether oxygens (including phenoxy) is 1. The zero-order valence-electron chi connectivity index (χ0n) is 13.1. The van der Waals surface area contributed by atoms with E-state index in [2.05, 4.69) is 11.9 Å². The molecular weight excluding hydrogens is 268 g/mol. The molecule has 2 amide bonds. The quantitative estimate of drug-likeness (QED) is 0.799. The molecule has 2 rings (SSSR count). The van der Waals surface area contributed by atoms with Gasteiger partial charge in [0.05, 0.1) is 6.10 Å². The standard InChI is InChI=1S/C16H26N2O3/c1-11(2)15-13(7-9-21-15)10-17-16(20)14-6-4-5-8-18(14)12(3)19/h13-15H,1,4-10H2,2-3H3,(H,17,20)/t13-,14-,15+/m1/s1. The summed E-state index contributed by atoms with van der Waals surface area (Å²) in [5.41, 5.74) is 1.01. The lowest BCUT2D eigenvalue weighted by Gasteiger charge is -2.34. The number of rotatable bonds is 4. The molecule has 2 aliphatic rings. The molecule has 2 saturated heterocycles. The second-order valence-electron chi connectivity index (χ2n) is 6.16. The van der Waals surface area contributed by atoms with Gasteiger partial charge in [-0.15, -0.1) is 0 Å². The molecule has 118 valence electrons. The molecule has 21 heavy (non-hydrogen) atoms. The van der Waals surface area contributed by atoms with Gasteiger partial charge in [0, 0.05) is 32.5 Å². The topological polar surface area (TPSA) is 58.6 Å². The zero-order valence-corrected chi connectivity index (χ0v) is 13.1. The van der Waals surface area contributed by atoms with Gasteiger partial charge in [-0.3, -0.25) is 9.59 Å². The number of hydrogen-bond donors (Lipinski definition) is 1. The molecule has 0 aromatic carbocycles. The summed E-state index contributed by atoms with van der Waals surface area (Å²) in [6.07, 6.45) is 3.73. The monoisotopic (exact) mass is 294 g/mol. The maximum Gasteiger partial charge on any atom is 0.242 e. The van der Waals surface area contributed by atoms with Gasteiger partial charge in [-0.25, -0.2) is 0 Å². The van der Waals surface area contributed by atoms with Crippen LogP contribution in [-0.4, -0.2) is 48.6 Å². The largest absolute Gasteiger partial charge is 0.374 e. The first-order valence-corrected chi connectivity index (χ1v) is 7.82.